The van der Waals surface area contributed by atoms with Crippen LogP contribution in [0.3, 0.4) is 0 Å². The third-order valence-electron chi connectivity index (χ3n) is 3.10. The van der Waals surface area contributed by atoms with Crippen LogP contribution in [0.2, 0.25) is 0 Å². The minimum absolute atomic E-state index is 0.145. The molecule has 1 amide bonds. The summed E-state index contributed by atoms with van der Waals surface area (Å²) in [7, 11) is 0. The lowest BCUT2D eigenvalue weighted by Crippen LogP contribution is -2.39. The Bertz CT molecular complexity index is 811. The second kappa shape index (κ2) is 5.75. The van der Waals surface area contributed by atoms with Gasteiger partial charge in [-0.15, -0.1) is 0 Å². The van der Waals surface area contributed by atoms with Crippen LogP contribution in [0.25, 0.3) is 5.65 Å². The molecule has 0 unspecified atom stereocenters. The number of carbonyl (C=O) groups excluding carboxylic acids is 1. The van der Waals surface area contributed by atoms with E-state index in [-0.39, 0.29) is 23.6 Å². The highest BCUT2D eigenvalue weighted by Gasteiger charge is 2.35. The van der Waals surface area contributed by atoms with E-state index in [0.29, 0.717) is 4.90 Å². The highest BCUT2D eigenvalue weighted by Crippen LogP contribution is 2.20. The smallest absolute Gasteiger partial charge is 0.406 e. The van der Waals surface area contributed by atoms with Gasteiger partial charge in [-0.1, -0.05) is 0 Å². The van der Waals surface area contributed by atoms with Gasteiger partial charge in [-0.3, -0.25) is 4.79 Å². The van der Waals surface area contributed by atoms with Crippen LogP contribution < -0.4 is 0 Å². The van der Waals surface area contributed by atoms with E-state index >= 15 is 0 Å². The summed E-state index contributed by atoms with van der Waals surface area (Å²) in [4.78, 5) is 21.0. The molecule has 0 aliphatic carbocycles. The Kier molecular flexibility index (Phi) is 3.77. The topological polar surface area (TPSA) is 63.6 Å². The highest BCUT2D eigenvalue weighted by molar-refractivity contribution is 5.97. The Morgan fingerprint density at radius 3 is 2.65 bits per heavy atom. The number of alkyl halides is 3. The molecule has 0 bridgehead atoms. The van der Waals surface area contributed by atoms with Crippen LogP contribution in [0, 0.1) is 0 Å². The molecule has 3 aromatic heterocycles. The van der Waals surface area contributed by atoms with Gasteiger partial charge < -0.3 is 13.7 Å². The molecule has 23 heavy (non-hydrogen) atoms. The Balaban J connectivity index is 1.94. The molecule has 3 heterocycles. The number of hydrogen-bond acceptors (Lipinski definition) is 4. The zero-order valence-corrected chi connectivity index (χ0v) is 11.7. The Labute approximate surface area is 128 Å². The largest absolute Gasteiger partial charge is 0.467 e. The lowest BCUT2D eigenvalue weighted by molar-refractivity contribution is -0.142. The maximum atomic E-state index is 12.8. The SMILES string of the molecule is O=C(c1nccn2ccnc12)N(Cc1ccco1)CC(F)(F)F. The van der Waals surface area contributed by atoms with E-state index in [1.807, 2.05) is 0 Å². The molecule has 0 aliphatic heterocycles. The van der Waals surface area contributed by atoms with E-state index in [1.165, 1.54) is 29.1 Å². The first-order chi connectivity index (χ1) is 10.9. The summed E-state index contributed by atoms with van der Waals surface area (Å²) >= 11 is 0. The summed E-state index contributed by atoms with van der Waals surface area (Å²) in [6.45, 7) is -1.72. The zero-order valence-electron chi connectivity index (χ0n) is 11.7. The monoisotopic (exact) mass is 324 g/mol. The van der Waals surface area contributed by atoms with Crippen molar-refractivity contribution >= 4 is 11.6 Å². The molecule has 0 atom stereocenters. The fraction of sp³-hybridized carbons (Fsp3) is 0.214. The first kappa shape index (κ1) is 15.1. The molecule has 0 radical (unpaired) electrons. The van der Waals surface area contributed by atoms with E-state index < -0.39 is 18.6 Å². The maximum absolute atomic E-state index is 12.8. The van der Waals surface area contributed by atoms with Crippen molar-refractivity contribution in [2.24, 2.45) is 0 Å². The summed E-state index contributed by atoms with van der Waals surface area (Å²) in [6, 6.07) is 3.04. The standard InChI is InChI=1S/C14H11F3N4O2/c15-14(16,17)9-21(8-10-2-1-7-23-10)13(22)11-12-19-4-6-20(12)5-3-18-11/h1-7H,8-9H2. The summed E-state index contributed by atoms with van der Waals surface area (Å²) in [6.07, 6.45) is 2.70. The van der Waals surface area contributed by atoms with E-state index in [4.69, 9.17) is 4.42 Å². The number of rotatable bonds is 4. The van der Waals surface area contributed by atoms with Crippen LogP contribution >= 0.6 is 0 Å². The van der Waals surface area contributed by atoms with Gasteiger partial charge in [-0.2, -0.15) is 13.2 Å². The van der Waals surface area contributed by atoms with Gasteiger partial charge in [-0.25, -0.2) is 9.97 Å². The lowest BCUT2D eigenvalue weighted by Gasteiger charge is -2.22. The number of carbonyl (C=O) groups is 1. The van der Waals surface area contributed by atoms with Crippen molar-refractivity contribution in [3.63, 3.8) is 0 Å². The quantitative estimate of drug-likeness (QED) is 0.740. The van der Waals surface area contributed by atoms with Gasteiger partial charge in [0.25, 0.3) is 5.91 Å². The van der Waals surface area contributed by atoms with Gasteiger partial charge in [0.15, 0.2) is 11.3 Å². The molecule has 0 N–H and O–H groups in total. The fourth-order valence-corrected chi connectivity index (χ4v) is 2.16. The van der Waals surface area contributed by atoms with Crippen molar-refractivity contribution in [3.8, 4) is 0 Å². The third-order valence-corrected chi connectivity index (χ3v) is 3.10. The highest BCUT2D eigenvalue weighted by atomic mass is 19.4. The first-order valence-electron chi connectivity index (χ1n) is 6.60. The molecule has 3 rings (SSSR count). The van der Waals surface area contributed by atoms with Gasteiger partial charge in [0.1, 0.15) is 12.3 Å². The molecule has 120 valence electrons. The van der Waals surface area contributed by atoms with E-state index in [2.05, 4.69) is 9.97 Å². The normalized spacial score (nSPS) is 11.8. The molecule has 0 saturated carbocycles. The minimum Gasteiger partial charge on any atom is -0.467 e. The maximum Gasteiger partial charge on any atom is 0.406 e. The Hall–Kier alpha value is -2.84. The van der Waals surface area contributed by atoms with Crippen LogP contribution in [0.15, 0.2) is 47.6 Å². The number of nitrogens with zero attached hydrogens (tertiary/aromatic N) is 4. The fourth-order valence-electron chi connectivity index (χ4n) is 2.16. The first-order valence-corrected chi connectivity index (χ1v) is 6.60. The molecule has 9 heteroatoms. The third kappa shape index (κ3) is 3.33. The van der Waals surface area contributed by atoms with E-state index in [0.717, 1.165) is 0 Å². The van der Waals surface area contributed by atoms with E-state index in [9.17, 15) is 18.0 Å². The summed E-state index contributed by atoms with van der Waals surface area (Å²) in [5.41, 5.74) is 0.0532. The zero-order chi connectivity index (χ0) is 16.4. The molecular formula is C14H11F3N4O2. The van der Waals surface area contributed by atoms with Gasteiger partial charge in [0, 0.05) is 24.8 Å². The van der Waals surface area contributed by atoms with Crippen LogP contribution in [0.5, 0.6) is 0 Å². The van der Waals surface area contributed by atoms with Crippen molar-refractivity contribution < 1.29 is 22.4 Å². The second-order valence-corrected chi connectivity index (χ2v) is 4.79. The number of fused-ring (bicyclic) bond motifs is 1. The van der Waals surface area contributed by atoms with Crippen molar-refractivity contribution in [1.82, 2.24) is 19.3 Å². The summed E-state index contributed by atoms with van der Waals surface area (Å²) in [5, 5.41) is 0. The van der Waals surface area contributed by atoms with Crippen molar-refractivity contribution in [2.75, 3.05) is 6.54 Å². The molecule has 0 fully saturated rings. The van der Waals surface area contributed by atoms with Gasteiger partial charge >= 0.3 is 6.18 Å². The van der Waals surface area contributed by atoms with Crippen LogP contribution in [-0.2, 0) is 6.54 Å². The number of aromatic nitrogens is 3. The predicted molar refractivity (Wildman–Crippen MR) is 72.5 cm³/mol. The van der Waals surface area contributed by atoms with Gasteiger partial charge in [0.05, 0.1) is 12.8 Å². The van der Waals surface area contributed by atoms with Crippen LogP contribution in [0.4, 0.5) is 13.2 Å². The van der Waals surface area contributed by atoms with E-state index in [1.54, 1.807) is 18.5 Å². The number of amides is 1. The average molecular weight is 324 g/mol. The summed E-state index contributed by atoms with van der Waals surface area (Å²) < 4.78 is 44.9. The molecule has 3 aromatic rings. The van der Waals surface area contributed by atoms with Crippen molar-refractivity contribution in [3.05, 3.63) is 54.6 Å². The van der Waals surface area contributed by atoms with Crippen LogP contribution in [-0.4, -0.2) is 37.9 Å². The number of imidazole rings is 1. The Morgan fingerprint density at radius 2 is 2.00 bits per heavy atom. The number of halogens is 3. The van der Waals surface area contributed by atoms with Gasteiger partial charge in [0.2, 0.25) is 0 Å². The molecule has 0 saturated heterocycles. The van der Waals surface area contributed by atoms with Crippen molar-refractivity contribution in [2.45, 2.75) is 12.7 Å². The van der Waals surface area contributed by atoms with Gasteiger partial charge in [-0.05, 0) is 12.1 Å². The Morgan fingerprint density at radius 1 is 1.26 bits per heavy atom. The number of furan rings is 1. The summed E-state index contributed by atoms with van der Waals surface area (Å²) in [5.74, 6) is -0.617. The molecule has 6 nitrogen and oxygen atoms in total. The molecule has 0 aliphatic rings. The lowest BCUT2D eigenvalue weighted by atomic mass is 10.3. The van der Waals surface area contributed by atoms with Crippen molar-refractivity contribution in [1.29, 1.82) is 0 Å². The number of hydrogen-bond donors (Lipinski definition) is 0. The average Bonchev–Trinajstić information content (AvgIpc) is 3.14. The molecule has 0 spiro atoms. The molecular weight excluding hydrogens is 313 g/mol. The minimum atomic E-state index is -4.54. The van der Waals surface area contributed by atoms with Crippen LogP contribution in [0.1, 0.15) is 16.2 Å². The second-order valence-electron chi connectivity index (χ2n) is 4.79. The predicted octanol–water partition coefficient (Wildman–Crippen LogP) is 2.53. The molecule has 0 aromatic carbocycles.